The predicted molar refractivity (Wildman–Crippen MR) is 97.5 cm³/mol. The van der Waals surface area contributed by atoms with E-state index in [4.69, 9.17) is 11.6 Å². The standard InChI is InChI=1S/C18H20ClFN4O/c19-14-4-5-16(15(20)13-14)22-18(25)6-8-23-9-11-24(12-10-23)17-3-1-2-7-21-17/h1-5,7,13H,6,8-12H2,(H,22,25). The Bertz CT molecular complexity index is 720. The van der Waals surface area contributed by atoms with Crippen molar-refractivity contribution in [1.29, 1.82) is 0 Å². The number of halogens is 2. The third-order valence-electron chi connectivity index (χ3n) is 4.21. The quantitative estimate of drug-likeness (QED) is 0.888. The van der Waals surface area contributed by atoms with Crippen LogP contribution in [-0.2, 0) is 4.79 Å². The molecule has 25 heavy (non-hydrogen) atoms. The SMILES string of the molecule is O=C(CCN1CCN(c2ccccn2)CC1)Nc1ccc(Cl)cc1F. The smallest absolute Gasteiger partial charge is 0.225 e. The molecule has 1 aliphatic rings. The molecule has 132 valence electrons. The molecule has 1 fully saturated rings. The first-order chi connectivity index (χ1) is 12.1. The summed E-state index contributed by atoms with van der Waals surface area (Å²) >= 11 is 5.70. The van der Waals surface area contributed by atoms with Crippen LogP contribution in [0.5, 0.6) is 0 Å². The van der Waals surface area contributed by atoms with Crippen LogP contribution in [0.1, 0.15) is 6.42 Å². The number of hydrogen-bond donors (Lipinski definition) is 1. The topological polar surface area (TPSA) is 48.5 Å². The van der Waals surface area contributed by atoms with E-state index in [0.29, 0.717) is 18.0 Å². The minimum atomic E-state index is -0.523. The Balaban J connectivity index is 1.43. The molecule has 2 aromatic rings. The third-order valence-corrected chi connectivity index (χ3v) is 4.44. The van der Waals surface area contributed by atoms with E-state index in [1.807, 2.05) is 18.2 Å². The fraction of sp³-hybridized carbons (Fsp3) is 0.333. The second kappa shape index (κ2) is 8.27. The molecule has 0 atom stereocenters. The summed E-state index contributed by atoms with van der Waals surface area (Å²) in [5, 5.41) is 2.90. The lowest BCUT2D eigenvalue weighted by molar-refractivity contribution is -0.116. The number of carbonyl (C=O) groups excluding carboxylic acids is 1. The minimum Gasteiger partial charge on any atom is -0.354 e. The average molecular weight is 363 g/mol. The van der Waals surface area contributed by atoms with Gasteiger partial charge in [0.15, 0.2) is 0 Å². The lowest BCUT2D eigenvalue weighted by Crippen LogP contribution is -2.47. The van der Waals surface area contributed by atoms with Crippen LogP contribution in [0.2, 0.25) is 5.02 Å². The number of amides is 1. The maximum absolute atomic E-state index is 13.7. The van der Waals surface area contributed by atoms with Crippen LogP contribution in [0.25, 0.3) is 0 Å². The first kappa shape index (κ1) is 17.6. The maximum atomic E-state index is 13.7. The summed E-state index contributed by atoms with van der Waals surface area (Å²) in [5.41, 5.74) is 0.161. The van der Waals surface area contributed by atoms with Crippen molar-refractivity contribution in [3.8, 4) is 0 Å². The van der Waals surface area contributed by atoms with Gasteiger partial charge in [-0.3, -0.25) is 9.69 Å². The third kappa shape index (κ3) is 4.90. The molecule has 1 amide bonds. The van der Waals surface area contributed by atoms with Gasteiger partial charge < -0.3 is 10.2 Å². The van der Waals surface area contributed by atoms with Gasteiger partial charge in [0.1, 0.15) is 11.6 Å². The van der Waals surface area contributed by atoms with Gasteiger partial charge in [-0.05, 0) is 30.3 Å². The van der Waals surface area contributed by atoms with E-state index in [-0.39, 0.29) is 11.6 Å². The van der Waals surface area contributed by atoms with Gasteiger partial charge in [-0.15, -0.1) is 0 Å². The van der Waals surface area contributed by atoms with Crippen LogP contribution in [0.15, 0.2) is 42.6 Å². The highest BCUT2D eigenvalue weighted by molar-refractivity contribution is 6.30. The normalized spacial score (nSPS) is 15.2. The Hall–Kier alpha value is -2.18. The van der Waals surface area contributed by atoms with E-state index in [9.17, 15) is 9.18 Å². The molecule has 0 spiro atoms. The monoisotopic (exact) mass is 362 g/mol. The van der Waals surface area contributed by atoms with Gasteiger partial charge >= 0.3 is 0 Å². The summed E-state index contributed by atoms with van der Waals surface area (Å²) in [4.78, 5) is 20.9. The van der Waals surface area contributed by atoms with E-state index < -0.39 is 5.82 Å². The largest absolute Gasteiger partial charge is 0.354 e. The van der Waals surface area contributed by atoms with Crippen molar-refractivity contribution < 1.29 is 9.18 Å². The van der Waals surface area contributed by atoms with Crippen molar-refractivity contribution in [3.05, 3.63) is 53.4 Å². The van der Waals surface area contributed by atoms with E-state index in [1.165, 1.54) is 12.1 Å². The van der Waals surface area contributed by atoms with Crippen molar-refractivity contribution in [3.63, 3.8) is 0 Å². The summed E-state index contributed by atoms with van der Waals surface area (Å²) in [6.07, 6.45) is 2.12. The van der Waals surface area contributed by atoms with Gasteiger partial charge in [-0.1, -0.05) is 17.7 Å². The van der Waals surface area contributed by atoms with Gasteiger partial charge in [0.2, 0.25) is 5.91 Å². The zero-order chi connectivity index (χ0) is 17.6. The first-order valence-corrected chi connectivity index (χ1v) is 8.63. The zero-order valence-electron chi connectivity index (χ0n) is 13.8. The molecular formula is C18H20ClFN4O. The molecule has 0 saturated carbocycles. The number of hydrogen-bond acceptors (Lipinski definition) is 4. The molecule has 1 N–H and O–H groups in total. The molecular weight excluding hydrogens is 343 g/mol. The number of anilines is 2. The van der Waals surface area contributed by atoms with Gasteiger partial charge in [0, 0.05) is 50.4 Å². The predicted octanol–water partition coefficient (Wildman–Crippen LogP) is 3.02. The molecule has 3 rings (SSSR count). The average Bonchev–Trinajstić information content (AvgIpc) is 2.63. The molecule has 0 aliphatic carbocycles. The number of nitrogens with zero attached hydrogens (tertiary/aromatic N) is 3. The van der Waals surface area contributed by atoms with Crippen molar-refractivity contribution in [1.82, 2.24) is 9.88 Å². The number of rotatable bonds is 5. The molecule has 0 radical (unpaired) electrons. The Morgan fingerprint density at radius 3 is 2.68 bits per heavy atom. The molecule has 2 heterocycles. The highest BCUT2D eigenvalue weighted by atomic mass is 35.5. The van der Waals surface area contributed by atoms with Crippen molar-refractivity contribution in [2.45, 2.75) is 6.42 Å². The number of aromatic nitrogens is 1. The molecule has 7 heteroatoms. The van der Waals surface area contributed by atoms with E-state index >= 15 is 0 Å². The van der Waals surface area contributed by atoms with Gasteiger partial charge in [0.25, 0.3) is 0 Å². The Morgan fingerprint density at radius 2 is 2.00 bits per heavy atom. The molecule has 0 bridgehead atoms. The molecule has 1 aromatic carbocycles. The van der Waals surface area contributed by atoms with E-state index in [2.05, 4.69) is 20.1 Å². The Labute approximate surface area is 151 Å². The van der Waals surface area contributed by atoms with Crippen molar-refractivity contribution >= 4 is 29.0 Å². The summed E-state index contributed by atoms with van der Waals surface area (Å²) in [6.45, 7) is 4.16. The lowest BCUT2D eigenvalue weighted by atomic mass is 10.2. The van der Waals surface area contributed by atoms with Gasteiger partial charge in [-0.25, -0.2) is 9.37 Å². The second-order valence-corrected chi connectivity index (χ2v) is 6.38. The van der Waals surface area contributed by atoms with Crippen molar-refractivity contribution in [2.24, 2.45) is 0 Å². The molecule has 1 aromatic heterocycles. The van der Waals surface area contributed by atoms with Crippen LogP contribution < -0.4 is 10.2 Å². The molecule has 1 saturated heterocycles. The van der Waals surface area contributed by atoms with Gasteiger partial charge in [-0.2, -0.15) is 0 Å². The highest BCUT2D eigenvalue weighted by Gasteiger charge is 2.18. The summed E-state index contributed by atoms with van der Waals surface area (Å²) in [7, 11) is 0. The Kier molecular flexibility index (Phi) is 5.83. The summed E-state index contributed by atoms with van der Waals surface area (Å²) in [6, 6.07) is 10.1. The zero-order valence-corrected chi connectivity index (χ0v) is 14.5. The molecule has 5 nitrogen and oxygen atoms in total. The van der Waals surface area contributed by atoms with Crippen LogP contribution in [-0.4, -0.2) is 48.5 Å². The number of benzene rings is 1. The van der Waals surface area contributed by atoms with Crippen LogP contribution >= 0.6 is 11.6 Å². The second-order valence-electron chi connectivity index (χ2n) is 5.94. The van der Waals surface area contributed by atoms with Crippen LogP contribution in [0.3, 0.4) is 0 Å². The molecule has 1 aliphatic heterocycles. The first-order valence-electron chi connectivity index (χ1n) is 8.25. The van der Waals surface area contributed by atoms with E-state index in [1.54, 1.807) is 12.3 Å². The van der Waals surface area contributed by atoms with Crippen LogP contribution in [0.4, 0.5) is 15.9 Å². The fourth-order valence-corrected chi connectivity index (χ4v) is 2.96. The lowest BCUT2D eigenvalue weighted by Gasteiger charge is -2.35. The number of nitrogens with one attached hydrogen (secondary N) is 1. The number of carbonyl (C=O) groups is 1. The van der Waals surface area contributed by atoms with Crippen LogP contribution in [0, 0.1) is 5.82 Å². The van der Waals surface area contributed by atoms with E-state index in [0.717, 1.165) is 32.0 Å². The molecule has 0 unspecified atom stereocenters. The highest BCUT2D eigenvalue weighted by Crippen LogP contribution is 2.19. The maximum Gasteiger partial charge on any atom is 0.225 e. The number of pyridine rings is 1. The van der Waals surface area contributed by atoms with Gasteiger partial charge in [0.05, 0.1) is 5.69 Å². The summed E-state index contributed by atoms with van der Waals surface area (Å²) in [5.74, 6) is 0.260. The Morgan fingerprint density at radius 1 is 1.20 bits per heavy atom. The fourth-order valence-electron chi connectivity index (χ4n) is 2.80. The van der Waals surface area contributed by atoms with Crippen molar-refractivity contribution in [2.75, 3.05) is 42.9 Å². The minimum absolute atomic E-state index is 0.161. The number of piperazine rings is 1. The summed E-state index contributed by atoms with van der Waals surface area (Å²) < 4.78 is 13.7.